The predicted molar refractivity (Wildman–Crippen MR) is 94.1 cm³/mol. The fourth-order valence-corrected chi connectivity index (χ4v) is 8.84. The smallest absolute Gasteiger partial charge is 0.0344 e. The van der Waals surface area contributed by atoms with Gasteiger partial charge < -0.3 is 0 Å². The Kier molecular flexibility index (Phi) is 2.37. The summed E-state index contributed by atoms with van der Waals surface area (Å²) in [7, 11) is 0. The predicted octanol–water partition coefficient (Wildman–Crippen LogP) is 4.94. The molecule has 0 radical (unpaired) electrons. The maximum atomic E-state index is 2.79. The van der Waals surface area contributed by atoms with Gasteiger partial charge in [-0.2, -0.15) is 0 Å². The van der Waals surface area contributed by atoms with Crippen LogP contribution in [0.5, 0.6) is 0 Å². The number of allylic oxidation sites excluding steroid dienone is 3. The Hall–Kier alpha value is -0.560. The van der Waals surface area contributed by atoms with Gasteiger partial charge in [-0.15, -0.1) is 0 Å². The van der Waals surface area contributed by atoms with Crippen molar-refractivity contribution in [2.45, 2.75) is 71.3 Å². The summed E-state index contributed by atoms with van der Waals surface area (Å²) in [4.78, 5) is 2.79. The molecule has 4 fully saturated rings. The maximum Gasteiger partial charge on any atom is 0.0344 e. The first-order chi connectivity index (χ1) is 11.1. The van der Waals surface area contributed by atoms with Gasteiger partial charge in [-0.05, 0) is 74.5 Å². The van der Waals surface area contributed by atoms with E-state index in [0.29, 0.717) is 16.2 Å². The third kappa shape index (κ3) is 1.25. The van der Waals surface area contributed by atoms with Crippen LogP contribution in [-0.2, 0) is 0 Å². The van der Waals surface area contributed by atoms with E-state index < -0.39 is 0 Å². The number of hydrogen-bond donors (Lipinski definition) is 0. The van der Waals surface area contributed by atoms with Crippen LogP contribution in [0.4, 0.5) is 0 Å². The molecule has 0 unspecified atom stereocenters. The van der Waals surface area contributed by atoms with Crippen molar-refractivity contribution in [3.05, 3.63) is 23.3 Å². The minimum atomic E-state index is 0.550. The molecule has 3 saturated carbocycles. The average Bonchev–Trinajstić information content (AvgIpc) is 3.30. The van der Waals surface area contributed by atoms with Crippen molar-refractivity contribution in [1.29, 1.82) is 0 Å². The lowest BCUT2D eigenvalue weighted by Crippen LogP contribution is -2.61. The molecule has 23 heavy (non-hydrogen) atoms. The molecule has 124 valence electrons. The summed E-state index contributed by atoms with van der Waals surface area (Å²) in [5.74, 6) is 1.86. The lowest BCUT2D eigenvalue weighted by atomic mass is 9.40. The second-order valence-electron chi connectivity index (χ2n) is 9.90. The topological polar surface area (TPSA) is 3.01 Å². The second kappa shape index (κ2) is 3.98. The minimum absolute atomic E-state index is 0.550. The highest BCUT2D eigenvalue weighted by atomic mass is 15.3. The van der Waals surface area contributed by atoms with Crippen LogP contribution in [0, 0.1) is 28.1 Å². The van der Waals surface area contributed by atoms with Crippen LogP contribution in [0.3, 0.4) is 0 Å². The molecule has 1 aliphatic heterocycles. The van der Waals surface area contributed by atoms with Gasteiger partial charge in [-0.3, -0.25) is 4.90 Å². The molecule has 6 aliphatic rings. The fraction of sp³-hybridized carbons (Fsp3) is 0.818. The highest BCUT2D eigenvalue weighted by Gasteiger charge is 2.77. The molecule has 1 heterocycles. The lowest BCUT2D eigenvalue weighted by Gasteiger charge is -2.64. The van der Waals surface area contributed by atoms with Crippen molar-refractivity contribution in [3.8, 4) is 0 Å². The van der Waals surface area contributed by atoms with E-state index in [9.17, 15) is 0 Å². The van der Waals surface area contributed by atoms with Crippen molar-refractivity contribution in [3.63, 3.8) is 0 Å². The van der Waals surface area contributed by atoms with Crippen molar-refractivity contribution in [2.24, 2.45) is 28.1 Å². The van der Waals surface area contributed by atoms with Crippen LogP contribution in [0.1, 0.15) is 65.2 Å². The van der Waals surface area contributed by atoms with Crippen molar-refractivity contribution in [1.82, 2.24) is 4.90 Å². The Morgan fingerprint density at radius 2 is 1.96 bits per heavy atom. The molecule has 1 heteroatoms. The third-order valence-electron chi connectivity index (χ3n) is 9.81. The Bertz CT molecular complexity index is 640. The van der Waals surface area contributed by atoms with Crippen LogP contribution in [0.15, 0.2) is 23.3 Å². The summed E-state index contributed by atoms with van der Waals surface area (Å²) in [6.45, 7) is 7.97. The Balaban J connectivity index is 1.66. The van der Waals surface area contributed by atoms with Gasteiger partial charge in [0.25, 0.3) is 0 Å². The SMILES string of the molecule is CC1=C2C[C@@]34CC[C@H]5CCC[C@@H](C=C[C@H]3N3CC3)[C@]4(C)[C@@]25CC1. The molecule has 0 aromatic carbocycles. The van der Waals surface area contributed by atoms with Crippen LogP contribution < -0.4 is 0 Å². The molecule has 1 saturated heterocycles. The molecule has 4 bridgehead atoms. The summed E-state index contributed by atoms with van der Waals surface area (Å²) >= 11 is 0. The molecule has 0 N–H and O–H groups in total. The van der Waals surface area contributed by atoms with E-state index in [-0.39, 0.29) is 0 Å². The second-order valence-corrected chi connectivity index (χ2v) is 9.90. The van der Waals surface area contributed by atoms with E-state index in [1.54, 1.807) is 5.57 Å². The van der Waals surface area contributed by atoms with E-state index >= 15 is 0 Å². The fourth-order valence-electron chi connectivity index (χ4n) is 8.84. The van der Waals surface area contributed by atoms with Gasteiger partial charge in [0, 0.05) is 24.5 Å². The van der Waals surface area contributed by atoms with Crippen LogP contribution >= 0.6 is 0 Å². The Morgan fingerprint density at radius 3 is 2.78 bits per heavy atom. The monoisotopic (exact) mass is 309 g/mol. The van der Waals surface area contributed by atoms with Crippen molar-refractivity contribution >= 4 is 0 Å². The quantitative estimate of drug-likeness (QED) is 0.489. The minimum Gasteiger partial charge on any atom is -0.294 e. The van der Waals surface area contributed by atoms with Gasteiger partial charge in [-0.1, -0.05) is 36.6 Å². The molecular formula is C22H31N. The molecular weight excluding hydrogens is 278 g/mol. The van der Waals surface area contributed by atoms with E-state index in [1.165, 1.54) is 64.5 Å². The molecule has 5 aliphatic carbocycles. The molecule has 0 aromatic rings. The van der Waals surface area contributed by atoms with Crippen molar-refractivity contribution in [2.75, 3.05) is 13.1 Å². The van der Waals surface area contributed by atoms with Gasteiger partial charge in [0.2, 0.25) is 0 Å². The van der Waals surface area contributed by atoms with E-state index in [1.807, 2.05) is 5.57 Å². The maximum absolute atomic E-state index is 2.79. The zero-order chi connectivity index (χ0) is 15.4. The molecule has 0 aromatic heterocycles. The number of hydrogen-bond acceptors (Lipinski definition) is 1. The first kappa shape index (κ1) is 13.7. The normalized spacial score (nSPS) is 56.7. The molecule has 1 spiro atoms. The van der Waals surface area contributed by atoms with Gasteiger partial charge in [-0.25, -0.2) is 0 Å². The Labute approximate surface area is 141 Å². The first-order valence-corrected chi connectivity index (χ1v) is 10.2. The third-order valence-corrected chi connectivity index (χ3v) is 9.81. The van der Waals surface area contributed by atoms with Gasteiger partial charge in [0.1, 0.15) is 0 Å². The molecule has 1 nitrogen and oxygen atoms in total. The summed E-state index contributed by atoms with van der Waals surface area (Å²) in [5.41, 5.74) is 5.49. The summed E-state index contributed by atoms with van der Waals surface area (Å²) < 4.78 is 0. The number of rotatable bonds is 1. The standard InChI is InChI=1S/C22H31N/c1-15-8-11-22-17-5-3-4-16-6-7-19(23-12-13-23)21(10-9-17,14-18(15)22)20(16,22)2/h6-7,16-17,19H,3-5,8-14H2,1-2H3/t16-,17+,19+,20-,21-,22+/m0/s1. The van der Waals surface area contributed by atoms with Gasteiger partial charge in [0.15, 0.2) is 0 Å². The molecule has 0 amide bonds. The van der Waals surface area contributed by atoms with Crippen LogP contribution in [0.2, 0.25) is 0 Å². The zero-order valence-corrected chi connectivity index (χ0v) is 14.9. The first-order valence-electron chi connectivity index (χ1n) is 10.2. The summed E-state index contributed by atoms with van der Waals surface area (Å²) in [6, 6.07) is 0.755. The summed E-state index contributed by atoms with van der Waals surface area (Å²) in [6.07, 6.45) is 17.2. The largest absolute Gasteiger partial charge is 0.294 e. The average molecular weight is 309 g/mol. The zero-order valence-electron chi connectivity index (χ0n) is 14.9. The van der Waals surface area contributed by atoms with Gasteiger partial charge >= 0.3 is 0 Å². The highest BCUT2D eigenvalue weighted by Crippen LogP contribution is 2.83. The molecule has 6 rings (SSSR count). The highest BCUT2D eigenvalue weighted by molar-refractivity contribution is 5.46. The van der Waals surface area contributed by atoms with Crippen molar-refractivity contribution < 1.29 is 0 Å². The lowest BCUT2D eigenvalue weighted by molar-refractivity contribution is -0.134. The van der Waals surface area contributed by atoms with E-state index in [2.05, 4.69) is 30.9 Å². The van der Waals surface area contributed by atoms with E-state index in [4.69, 9.17) is 0 Å². The Morgan fingerprint density at radius 1 is 1.09 bits per heavy atom. The van der Waals surface area contributed by atoms with Crippen LogP contribution in [0.25, 0.3) is 0 Å². The number of nitrogens with zero attached hydrogens (tertiary/aromatic N) is 1. The van der Waals surface area contributed by atoms with Gasteiger partial charge in [0.05, 0.1) is 0 Å². The molecule has 6 atom stereocenters. The summed E-state index contributed by atoms with van der Waals surface area (Å²) in [5, 5.41) is 0. The van der Waals surface area contributed by atoms with E-state index in [0.717, 1.165) is 17.9 Å². The van der Waals surface area contributed by atoms with Crippen LogP contribution in [-0.4, -0.2) is 24.0 Å².